The van der Waals surface area contributed by atoms with E-state index in [-0.39, 0.29) is 37.2 Å². The number of methoxy groups -OCH3 is 1. The molecule has 0 radical (unpaired) electrons. The molecule has 350 valence electrons. The van der Waals surface area contributed by atoms with Gasteiger partial charge in [0.15, 0.2) is 11.9 Å². The first-order valence-electron chi connectivity index (χ1n) is 22.8. The molecule has 0 unspecified atom stereocenters. The van der Waals surface area contributed by atoms with Crippen molar-refractivity contribution in [3.8, 4) is 0 Å². The van der Waals surface area contributed by atoms with E-state index < -0.39 is 89.7 Å². The Kier molecular flexibility index (Phi) is 17.3. The zero-order chi connectivity index (χ0) is 46.2. The Labute approximate surface area is 373 Å². The van der Waals surface area contributed by atoms with E-state index in [4.69, 9.17) is 28.4 Å². The van der Waals surface area contributed by atoms with Crippen LogP contribution in [0.4, 0.5) is 4.79 Å². The van der Waals surface area contributed by atoms with Crippen LogP contribution >= 0.6 is 0 Å². The van der Waals surface area contributed by atoms with Crippen molar-refractivity contribution in [2.24, 2.45) is 23.7 Å². The molecule has 1 N–H and O–H groups in total. The Hall–Kier alpha value is -4.02. The standard InChI is InChI=1S/C48H72N4O11/c1-12-37-48(9)42(52(46(57)63-48)24-17-15-21-35-20-14-16-23-50-35)31(5)39(54)29(3)27-47(8,58-11)43(62-45-40(55)36(51(10)13-2)25-30(4)59-45)32(6)41(33(7)44(56)60-37)61-38(53)26-34-19-18-22-49-28-34/h14,16,18-20,22-23,28-33,36-37,40-43,45,55H,12-13,15,17,21,24-27H2,1-11H3/t29-,30+,31+,32+,33-,36-,37-,40+,41+,42-,43-,45-,47-,48-/m1/s1. The third-order valence-corrected chi connectivity index (χ3v) is 13.9. The van der Waals surface area contributed by atoms with Crippen LogP contribution in [0.5, 0.6) is 0 Å². The second-order valence-electron chi connectivity index (χ2n) is 18.5. The van der Waals surface area contributed by atoms with Crippen molar-refractivity contribution in [2.75, 3.05) is 27.2 Å². The molecular formula is C48H72N4O11. The molecule has 3 aliphatic rings. The number of carbonyl (C=O) groups is 4. The van der Waals surface area contributed by atoms with Gasteiger partial charge in [0, 0.05) is 61.7 Å². The minimum absolute atomic E-state index is 0.118. The molecule has 1 amide bonds. The number of hydrogen-bond donors (Lipinski definition) is 1. The second-order valence-corrected chi connectivity index (χ2v) is 18.5. The molecule has 2 aromatic rings. The summed E-state index contributed by atoms with van der Waals surface area (Å²) in [5.74, 6) is -4.72. The van der Waals surface area contributed by atoms with E-state index >= 15 is 0 Å². The lowest BCUT2D eigenvalue weighted by Crippen LogP contribution is -2.61. The van der Waals surface area contributed by atoms with Crippen LogP contribution in [0, 0.1) is 23.7 Å². The number of cyclic esters (lactones) is 1. The van der Waals surface area contributed by atoms with Gasteiger partial charge in [-0.1, -0.05) is 46.8 Å². The normalized spacial score (nSPS) is 35.7. The molecule has 0 bridgehead atoms. The van der Waals surface area contributed by atoms with Gasteiger partial charge in [-0.15, -0.1) is 0 Å². The molecule has 2 aromatic heterocycles. The number of aromatic nitrogens is 2. The zero-order valence-electron chi connectivity index (χ0n) is 39.2. The van der Waals surface area contributed by atoms with Crippen LogP contribution in [0.25, 0.3) is 0 Å². The molecule has 3 aliphatic heterocycles. The molecule has 0 aromatic carbocycles. The van der Waals surface area contributed by atoms with E-state index in [0.717, 1.165) is 12.1 Å². The maximum atomic E-state index is 14.9. The second kappa shape index (κ2) is 21.8. The number of nitrogens with zero attached hydrogens (tertiary/aromatic N) is 4. The van der Waals surface area contributed by atoms with Gasteiger partial charge < -0.3 is 43.3 Å². The van der Waals surface area contributed by atoms with Crippen LogP contribution in [0.3, 0.4) is 0 Å². The Bertz CT molecular complexity index is 1820. The lowest BCUT2D eigenvalue weighted by molar-refractivity contribution is -0.302. The largest absolute Gasteiger partial charge is 0.461 e. The predicted octanol–water partition coefficient (Wildman–Crippen LogP) is 5.98. The number of pyridine rings is 2. The summed E-state index contributed by atoms with van der Waals surface area (Å²) in [6, 6.07) is 8.18. The van der Waals surface area contributed by atoms with Crippen LogP contribution in [-0.4, -0.2) is 136 Å². The molecule has 3 fully saturated rings. The fraction of sp³-hybridized carbons (Fsp3) is 0.708. The molecule has 0 spiro atoms. The van der Waals surface area contributed by atoms with Crippen molar-refractivity contribution in [1.29, 1.82) is 0 Å². The van der Waals surface area contributed by atoms with E-state index in [1.165, 1.54) is 7.11 Å². The van der Waals surface area contributed by atoms with Gasteiger partial charge in [0.2, 0.25) is 0 Å². The van der Waals surface area contributed by atoms with Crippen LogP contribution in [0.2, 0.25) is 0 Å². The van der Waals surface area contributed by atoms with E-state index in [9.17, 15) is 24.3 Å². The number of hydrogen-bond acceptors (Lipinski definition) is 14. The summed E-state index contributed by atoms with van der Waals surface area (Å²) in [6.45, 7) is 17.4. The number of ether oxygens (including phenoxy) is 6. The highest BCUT2D eigenvalue weighted by molar-refractivity contribution is 5.85. The molecule has 5 heterocycles. The van der Waals surface area contributed by atoms with Crippen molar-refractivity contribution in [3.63, 3.8) is 0 Å². The highest BCUT2D eigenvalue weighted by atomic mass is 16.7. The van der Waals surface area contributed by atoms with Crippen molar-refractivity contribution in [2.45, 2.75) is 167 Å². The lowest BCUT2D eigenvalue weighted by atomic mass is 9.73. The van der Waals surface area contributed by atoms with Crippen molar-refractivity contribution >= 4 is 23.8 Å². The number of amides is 1. The van der Waals surface area contributed by atoms with Gasteiger partial charge in [-0.3, -0.25) is 24.4 Å². The fourth-order valence-electron chi connectivity index (χ4n) is 10.2. The average Bonchev–Trinajstić information content (AvgIpc) is 3.53. The first-order chi connectivity index (χ1) is 29.9. The predicted molar refractivity (Wildman–Crippen MR) is 234 cm³/mol. The Morgan fingerprint density at radius 2 is 1.76 bits per heavy atom. The maximum absolute atomic E-state index is 14.9. The number of carbonyl (C=O) groups excluding carboxylic acids is 4. The number of fused-ring (bicyclic) bond motifs is 1. The minimum atomic E-state index is -1.41. The molecule has 63 heavy (non-hydrogen) atoms. The summed E-state index contributed by atoms with van der Waals surface area (Å²) in [4.78, 5) is 69.7. The summed E-state index contributed by atoms with van der Waals surface area (Å²) in [5.41, 5.74) is -1.13. The smallest absolute Gasteiger partial charge is 0.410 e. The first-order valence-corrected chi connectivity index (χ1v) is 22.8. The van der Waals surface area contributed by atoms with Gasteiger partial charge in [0.25, 0.3) is 0 Å². The Morgan fingerprint density at radius 1 is 1.02 bits per heavy atom. The van der Waals surface area contributed by atoms with E-state index in [2.05, 4.69) is 14.9 Å². The summed E-state index contributed by atoms with van der Waals surface area (Å²) < 4.78 is 38.6. The average molecular weight is 881 g/mol. The third-order valence-electron chi connectivity index (χ3n) is 13.9. The highest BCUT2D eigenvalue weighted by Crippen LogP contribution is 2.44. The minimum Gasteiger partial charge on any atom is -0.461 e. The SMILES string of the molecule is CC[C@H]1OC(=O)[C@H](C)[C@@H](OC(=O)Cc2cccnc2)[C@H](C)[C@@H](O[C@H]2O[C@@H](C)C[C@@H](N(C)CC)[C@@H]2O)[C@](C)(OC)C[C@@H](C)C(=O)[C@H](C)[C@H]2N(CCCCc3ccccn3)C(=O)O[C@]12C. The van der Waals surface area contributed by atoms with Gasteiger partial charge in [-0.25, -0.2) is 4.79 Å². The molecule has 5 rings (SSSR count). The summed E-state index contributed by atoms with van der Waals surface area (Å²) >= 11 is 0. The lowest BCUT2D eigenvalue weighted by Gasteiger charge is -2.48. The van der Waals surface area contributed by atoms with Crippen LogP contribution in [0.15, 0.2) is 48.9 Å². The topological polar surface area (TPSA) is 176 Å². The number of aryl methyl sites for hydroxylation is 1. The molecule has 14 atom stereocenters. The van der Waals surface area contributed by atoms with Crippen LogP contribution < -0.4 is 0 Å². The van der Waals surface area contributed by atoms with E-state index in [0.29, 0.717) is 37.9 Å². The number of rotatable bonds is 14. The zero-order valence-corrected chi connectivity index (χ0v) is 39.2. The highest BCUT2D eigenvalue weighted by Gasteiger charge is 2.60. The number of unbranched alkanes of at least 4 members (excludes halogenated alkanes) is 1. The fourth-order valence-corrected chi connectivity index (χ4v) is 10.2. The number of Topliss-reactive ketones (excluding diaryl/α,β-unsaturated/α-hetero) is 1. The monoisotopic (exact) mass is 881 g/mol. The third kappa shape index (κ3) is 11.4. The van der Waals surface area contributed by atoms with Crippen molar-refractivity contribution in [3.05, 3.63) is 60.2 Å². The molecule has 0 saturated carbocycles. The molecule has 0 aliphatic carbocycles. The van der Waals surface area contributed by atoms with Crippen LogP contribution in [0.1, 0.15) is 106 Å². The van der Waals surface area contributed by atoms with E-state index in [1.54, 1.807) is 49.5 Å². The van der Waals surface area contributed by atoms with Gasteiger partial charge in [-0.2, -0.15) is 0 Å². The molecule has 3 saturated heterocycles. The quantitative estimate of drug-likeness (QED) is 0.133. The summed E-state index contributed by atoms with van der Waals surface area (Å²) in [5, 5.41) is 11.8. The van der Waals surface area contributed by atoms with Gasteiger partial charge in [0.1, 0.15) is 24.1 Å². The van der Waals surface area contributed by atoms with Crippen molar-refractivity contribution in [1.82, 2.24) is 19.8 Å². The number of aliphatic hydroxyl groups is 1. The molecule has 15 heteroatoms. The number of esters is 2. The van der Waals surface area contributed by atoms with Gasteiger partial charge in [-0.05, 0) is 104 Å². The first kappa shape index (κ1) is 50.0. The van der Waals surface area contributed by atoms with Crippen LogP contribution in [-0.2, 0) is 55.6 Å². The Morgan fingerprint density at radius 3 is 2.40 bits per heavy atom. The van der Waals surface area contributed by atoms with E-state index in [1.807, 2.05) is 73.7 Å². The van der Waals surface area contributed by atoms with Gasteiger partial charge in [0.05, 0.1) is 36.2 Å². The summed E-state index contributed by atoms with van der Waals surface area (Å²) in [6.07, 6.45) is 1.65. The molecule has 15 nitrogen and oxygen atoms in total. The summed E-state index contributed by atoms with van der Waals surface area (Å²) in [7, 11) is 3.47. The Balaban J connectivity index is 1.57. The van der Waals surface area contributed by atoms with Crippen molar-refractivity contribution < 1.29 is 52.7 Å². The number of aliphatic hydroxyl groups excluding tert-OH is 1. The number of ketones is 1. The van der Waals surface area contributed by atoms with Gasteiger partial charge >= 0.3 is 18.0 Å². The maximum Gasteiger partial charge on any atom is 0.410 e. The number of likely N-dealkylation sites (N-methyl/N-ethyl adjacent to an activating group) is 1. The molecular weight excluding hydrogens is 809 g/mol.